The topological polar surface area (TPSA) is 137 Å². The highest BCUT2D eigenvalue weighted by Gasteiger charge is 2.15. The fraction of sp³-hybridized carbons (Fsp3) is 0.0952. The van der Waals surface area contributed by atoms with E-state index in [1.165, 1.54) is 12.4 Å². The smallest absolute Gasteiger partial charge is 0.449 e. The van der Waals surface area contributed by atoms with Crippen LogP contribution in [0.2, 0.25) is 10.0 Å². The molecule has 4 aromatic rings. The number of ether oxygens (including phenoxy) is 1. The van der Waals surface area contributed by atoms with Crippen molar-refractivity contribution in [1.82, 2.24) is 19.4 Å². The largest absolute Gasteiger partial charge is 0.512 e. The van der Waals surface area contributed by atoms with Crippen LogP contribution in [0.5, 0.6) is 5.88 Å². The molecule has 10 nitrogen and oxygen atoms in total. The number of halogens is 2. The van der Waals surface area contributed by atoms with Crippen molar-refractivity contribution >= 4 is 46.8 Å². The molecule has 1 aromatic carbocycles. The normalized spacial score (nSPS) is 10.6. The Kier molecular flexibility index (Phi) is 6.44. The number of anilines is 2. The summed E-state index contributed by atoms with van der Waals surface area (Å²) >= 11 is 12.3. The lowest BCUT2D eigenvalue weighted by molar-refractivity contribution is 0.143. The van der Waals surface area contributed by atoms with E-state index in [1.54, 1.807) is 40.8 Å². The first kappa shape index (κ1) is 22.1. The summed E-state index contributed by atoms with van der Waals surface area (Å²) in [5.41, 5.74) is 2.03. The second-order valence-electron chi connectivity index (χ2n) is 6.66. The molecule has 0 amide bonds. The third-order valence-corrected chi connectivity index (χ3v) is 4.99. The zero-order chi connectivity index (χ0) is 23.4. The highest BCUT2D eigenvalue weighted by Crippen LogP contribution is 2.31. The second-order valence-corrected chi connectivity index (χ2v) is 7.51. The summed E-state index contributed by atoms with van der Waals surface area (Å²) in [6.45, 7) is 0.927. The molecule has 4 rings (SSSR count). The Bertz CT molecular complexity index is 1370. The van der Waals surface area contributed by atoms with Crippen LogP contribution in [0, 0.1) is 11.3 Å². The van der Waals surface area contributed by atoms with Crippen molar-refractivity contribution in [2.24, 2.45) is 0 Å². The summed E-state index contributed by atoms with van der Waals surface area (Å²) in [4.78, 5) is 23.9. The quantitative estimate of drug-likeness (QED) is 0.255. The molecule has 3 aromatic heterocycles. The molecule has 33 heavy (non-hydrogen) atoms. The lowest BCUT2D eigenvalue weighted by atomic mass is 10.1. The van der Waals surface area contributed by atoms with E-state index in [2.05, 4.69) is 30.3 Å². The van der Waals surface area contributed by atoms with E-state index in [1.807, 2.05) is 6.07 Å². The molecule has 0 aliphatic heterocycles. The van der Waals surface area contributed by atoms with E-state index >= 15 is 0 Å². The molecule has 0 atom stereocenters. The lowest BCUT2D eigenvalue weighted by Gasteiger charge is -2.12. The highest BCUT2D eigenvalue weighted by molar-refractivity contribution is 6.36. The SMILES string of the molecule is N#Cc1ccc(NCCNc2nc(-c3ccc(Cl)cc3Cl)cc3nc(OC(=O)O)cn23)nc1. The number of carbonyl (C=O) groups is 1. The number of nitriles is 1. The molecular weight excluding hydrogens is 469 g/mol. The van der Waals surface area contributed by atoms with E-state index in [9.17, 15) is 4.79 Å². The van der Waals surface area contributed by atoms with Gasteiger partial charge in [0.05, 0.1) is 22.5 Å². The Labute approximate surface area is 197 Å². The van der Waals surface area contributed by atoms with Crippen LogP contribution in [0.1, 0.15) is 5.56 Å². The zero-order valence-corrected chi connectivity index (χ0v) is 18.3. The first-order valence-electron chi connectivity index (χ1n) is 9.53. The summed E-state index contributed by atoms with van der Waals surface area (Å²) in [5.74, 6) is 0.929. The van der Waals surface area contributed by atoms with Crippen LogP contribution in [-0.4, -0.2) is 43.7 Å². The number of nitrogens with one attached hydrogen (secondary N) is 2. The van der Waals surface area contributed by atoms with Crippen LogP contribution in [0.25, 0.3) is 16.9 Å². The number of pyridine rings is 1. The van der Waals surface area contributed by atoms with E-state index in [0.717, 1.165) is 0 Å². The third-order valence-electron chi connectivity index (χ3n) is 4.44. The summed E-state index contributed by atoms with van der Waals surface area (Å²) in [6.07, 6.45) is 1.43. The molecule has 0 saturated carbocycles. The maximum absolute atomic E-state index is 10.9. The monoisotopic (exact) mass is 483 g/mol. The Hall–Kier alpha value is -4.07. The van der Waals surface area contributed by atoms with Gasteiger partial charge in [-0.3, -0.25) is 4.40 Å². The van der Waals surface area contributed by atoms with E-state index < -0.39 is 6.16 Å². The van der Waals surface area contributed by atoms with Gasteiger partial charge in [0, 0.05) is 35.9 Å². The number of nitrogens with zero attached hydrogens (tertiary/aromatic N) is 5. The maximum atomic E-state index is 10.9. The molecular formula is C21H15Cl2N7O3. The molecule has 3 N–H and O–H groups in total. The second kappa shape index (κ2) is 9.60. The maximum Gasteiger partial charge on any atom is 0.512 e. The molecule has 0 aliphatic carbocycles. The van der Waals surface area contributed by atoms with Crippen LogP contribution in [0.3, 0.4) is 0 Å². The zero-order valence-electron chi connectivity index (χ0n) is 16.8. The third kappa shape index (κ3) is 5.23. The number of imidazole rings is 1. The number of benzene rings is 1. The minimum Gasteiger partial charge on any atom is -0.449 e. The van der Waals surface area contributed by atoms with E-state index in [-0.39, 0.29) is 5.88 Å². The first-order valence-corrected chi connectivity index (χ1v) is 10.3. The number of rotatable bonds is 7. The van der Waals surface area contributed by atoms with Crippen molar-refractivity contribution < 1.29 is 14.6 Å². The van der Waals surface area contributed by atoms with Gasteiger partial charge in [0.1, 0.15) is 17.5 Å². The van der Waals surface area contributed by atoms with Gasteiger partial charge in [-0.15, -0.1) is 0 Å². The fourth-order valence-electron chi connectivity index (χ4n) is 2.99. The van der Waals surface area contributed by atoms with Gasteiger partial charge in [-0.1, -0.05) is 23.2 Å². The van der Waals surface area contributed by atoms with Gasteiger partial charge in [-0.25, -0.2) is 14.8 Å². The number of hydrogen-bond donors (Lipinski definition) is 3. The lowest BCUT2D eigenvalue weighted by Crippen LogP contribution is -2.17. The van der Waals surface area contributed by atoms with Gasteiger partial charge in [-0.2, -0.15) is 10.2 Å². The highest BCUT2D eigenvalue weighted by atomic mass is 35.5. The van der Waals surface area contributed by atoms with Gasteiger partial charge < -0.3 is 20.5 Å². The number of carboxylic acid groups (broad SMARTS) is 1. The molecule has 166 valence electrons. The van der Waals surface area contributed by atoms with Crippen LogP contribution in [0.15, 0.2) is 48.8 Å². The average molecular weight is 484 g/mol. The van der Waals surface area contributed by atoms with Gasteiger partial charge in [-0.05, 0) is 30.3 Å². The van der Waals surface area contributed by atoms with Crippen LogP contribution < -0.4 is 15.4 Å². The van der Waals surface area contributed by atoms with Crippen molar-refractivity contribution in [3.05, 3.63) is 64.4 Å². The molecule has 0 saturated heterocycles. The fourth-order valence-corrected chi connectivity index (χ4v) is 3.50. The van der Waals surface area contributed by atoms with Crippen molar-refractivity contribution in [1.29, 1.82) is 5.26 Å². The number of fused-ring (bicyclic) bond motifs is 1. The molecule has 0 bridgehead atoms. The van der Waals surface area contributed by atoms with Crippen LogP contribution in [-0.2, 0) is 0 Å². The average Bonchev–Trinajstić information content (AvgIpc) is 3.18. The molecule has 0 radical (unpaired) electrons. The van der Waals surface area contributed by atoms with E-state index in [0.29, 0.717) is 57.4 Å². The molecule has 3 heterocycles. The molecule has 0 fully saturated rings. The van der Waals surface area contributed by atoms with Crippen molar-refractivity contribution in [3.63, 3.8) is 0 Å². The predicted octanol–water partition coefficient (Wildman–Crippen LogP) is 4.55. The van der Waals surface area contributed by atoms with Crippen molar-refractivity contribution in [3.8, 4) is 23.2 Å². The minimum absolute atomic E-state index is 0.0911. The first-order chi connectivity index (χ1) is 15.9. The Morgan fingerprint density at radius 2 is 1.97 bits per heavy atom. The van der Waals surface area contributed by atoms with Crippen molar-refractivity contribution in [2.45, 2.75) is 0 Å². The van der Waals surface area contributed by atoms with Crippen LogP contribution in [0.4, 0.5) is 16.6 Å². The van der Waals surface area contributed by atoms with Gasteiger partial charge in [0.15, 0.2) is 0 Å². The van der Waals surface area contributed by atoms with Gasteiger partial charge in [0.25, 0.3) is 0 Å². The molecule has 0 aliphatic rings. The van der Waals surface area contributed by atoms with Crippen LogP contribution >= 0.6 is 23.2 Å². The van der Waals surface area contributed by atoms with Crippen molar-refractivity contribution in [2.75, 3.05) is 23.7 Å². The Morgan fingerprint density at radius 3 is 2.67 bits per heavy atom. The van der Waals surface area contributed by atoms with E-state index in [4.69, 9.17) is 33.6 Å². The Morgan fingerprint density at radius 1 is 1.15 bits per heavy atom. The summed E-state index contributed by atoms with van der Waals surface area (Å²) in [5, 5.41) is 25.0. The summed E-state index contributed by atoms with van der Waals surface area (Å²) in [6, 6.07) is 12.1. The predicted molar refractivity (Wildman–Crippen MR) is 123 cm³/mol. The number of aromatic nitrogens is 4. The summed E-state index contributed by atoms with van der Waals surface area (Å²) in [7, 11) is 0. The molecule has 0 spiro atoms. The minimum atomic E-state index is -1.47. The standard InChI is InChI=1S/C21H15Cl2N7O3/c22-13-2-3-14(15(23)7-13)16-8-18-29-19(33-21(31)32)11-30(18)20(28-16)26-6-5-25-17-4-1-12(9-24)10-27-17/h1-4,7-8,10-11H,5-6H2,(H,25,27)(H,26,28)(H,31,32). The number of hydrogen-bond acceptors (Lipinski definition) is 8. The van der Waals surface area contributed by atoms with Gasteiger partial charge in [0.2, 0.25) is 11.8 Å². The van der Waals surface area contributed by atoms with Gasteiger partial charge >= 0.3 is 6.16 Å². The summed E-state index contributed by atoms with van der Waals surface area (Å²) < 4.78 is 6.26. The Balaban J connectivity index is 1.59. The molecule has 12 heteroatoms. The molecule has 0 unspecified atom stereocenters.